The Labute approximate surface area is 113 Å². The number of amides is 2. The molecule has 1 heterocycles. The molecule has 1 saturated heterocycles. The highest BCUT2D eigenvalue weighted by Crippen LogP contribution is 2.42. The fourth-order valence-corrected chi connectivity index (χ4v) is 3.41. The Morgan fingerprint density at radius 2 is 1.84 bits per heavy atom. The van der Waals surface area contributed by atoms with Crippen molar-refractivity contribution in [3.8, 4) is 0 Å². The summed E-state index contributed by atoms with van der Waals surface area (Å²) < 4.78 is 0. The number of carbonyl (C=O) groups excluding carboxylic acids is 2. The molecule has 19 heavy (non-hydrogen) atoms. The molecular weight excluding hydrogens is 238 g/mol. The van der Waals surface area contributed by atoms with Crippen LogP contribution >= 0.6 is 0 Å². The van der Waals surface area contributed by atoms with E-state index in [9.17, 15) is 9.59 Å². The van der Waals surface area contributed by atoms with Crippen LogP contribution in [0.15, 0.2) is 24.3 Å². The molecule has 0 N–H and O–H groups in total. The monoisotopic (exact) mass is 257 g/mol. The molecule has 0 unspecified atom stereocenters. The first kappa shape index (κ1) is 12.4. The van der Waals surface area contributed by atoms with Crippen molar-refractivity contribution in [3.63, 3.8) is 0 Å². The van der Waals surface area contributed by atoms with Crippen molar-refractivity contribution >= 4 is 17.5 Å². The molecule has 0 bridgehead atoms. The topological polar surface area (TPSA) is 37.4 Å². The van der Waals surface area contributed by atoms with Crippen LogP contribution in [-0.2, 0) is 9.59 Å². The number of imide groups is 1. The number of aryl methyl sites for hydroxylation is 1. The van der Waals surface area contributed by atoms with Crippen molar-refractivity contribution in [1.82, 2.24) is 0 Å². The van der Waals surface area contributed by atoms with Crippen molar-refractivity contribution < 1.29 is 9.59 Å². The van der Waals surface area contributed by atoms with E-state index in [4.69, 9.17) is 0 Å². The number of hydrogen-bond acceptors (Lipinski definition) is 2. The molecule has 100 valence electrons. The molecule has 1 aromatic rings. The van der Waals surface area contributed by atoms with Crippen LogP contribution in [0.1, 0.15) is 31.7 Å². The van der Waals surface area contributed by atoms with E-state index in [2.05, 4.69) is 6.92 Å². The summed E-state index contributed by atoms with van der Waals surface area (Å²) in [5, 5.41) is 0. The Bertz CT molecular complexity index is 537. The number of benzene rings is 1. The summed E-state index contributed by atoms with van der Waals surface area (Å²) in [6.45, 7) is 4.15. The Hall–Kier alpha value is -1.64. The second kappa shape index (κ2) is 4.48. The van der Waals surface area contributed by atoms with Crippen LogP contribution < -0.4 is 4.90 Å². The van der Waals surface area contributed by atoms with Gasteiger partial charge in [0, 0.05) is 0 Å². The molecule has 2 amide bonds. The minimum absolute atomic E-state index is 0.00662. The maximum atomic E-state index is 12.5. The highest BCUT2D eigenvalue weighted by Gasteiger charge is 2.49. The van der Waals surface area contributed by atoms with Gasteiger partial charge in [0.15, 0.2) is 0 Å². The lowest BCUT2D eigenvalue weighted by molar-refractivity contribution is -0.122. The van der Waals surface area contributed by atoms with E-state index in [1.165, 1.54) is 4.90 Å². The zero-order chi connectivity index (χ0) is 13.6. The first-order chi connectivity index (χ1) is 9.08. The van der Waals surface area contributed by atoms with Gasteiger partial charge in [0.25, 0.3) is 0 Å². The lowest BCUT2D eigenvalue weighted by atomic mass is 9.76. The van der Waals surface area contributed by atoms with Crippen LogP contribution in [0.25, 0.3) is 0 Å². The smallest absolute Gasteiger partial charge is 0.237 e. The van der Waals surface area contributed by atoms with E-state index in [1.807, 2.05) is 31.2 Å². The first-order valence-corrected chi connectivity index (χ1v) is 7.02. The molecule has 1 aromatic carbocycles. The highest BCUT2D eigenvalue weighted by molar-refractivity contribution is 6.22. The van der Waals surface area contributed by atoms with Gasteiger partial charge in [0.2, 0.25) is 11.8 Å². The summed E-state index contributed by atoms with van der Waals surface area (Å²) in [7, 11) is 0. The van der Waals surface area contributed by atoms with Crippen molar-refractivity contribution in [3.05, 3.63) is 29.8 Å². The van der Waals surface area contributed by atoms with Gasteiger partial charge in [-0.05, 0) is 49.8 Å². The summed E-state index contributed by atoms with van der Waals surface area (Å²) in [6.07, 6.45) is 2.78. The third kappa shape index (κ3) is 1.97. The molecule has 3 rings (SSSR count). The Morgan fingerprint density at radius 3 is 2.58 bits per heavy atom. The molecule has 0 aromatic heterocycles. The predicted molar refractivity (Wildman–Crippen MR) is 73.7 cm³/mol. The fourth-order valence-electron chi connectivity index (χ4n) is 3.41. The maximum Gasteiger partial charge on any atom is 0.237 e. The van der Waals surface area contributed by atoms with Gasteiger partial charge in [-0.1, -0.05) is 19.1 Å². The van der Waals surface area contributed by atoms with Gasteiger partial charge in [-0.2, -0.15) is 0 Å². The van der Waals surface area contributed by atoms with E-state index >= 15 is 0 Å². The molecule has 2 fully saturated rings. The van der Waals surface area contributed by atoms with Crippen LogP contribution in [0.3, 0.4) is 0 Å². The molecule has 1 saturated carbocycles. The minimum atomic E-state index is -0.0863. The second-order valence-corrected chi connectivity index (χ2v) is 5.98. The fraction of sp³-hybridized carbons (Fsp3) is 0.500. The lowest BCUT2D eigenvalue weighted by Crippen LogP contribution is -2.30. The van der Waals surface area contributed by atoms with Crippen LogP contribution in [0.4, 0.5) is 5.69 Å². The van der Waals surface area contributed by atoms with Gasteiger partial charge < -0.3 is 0 Å². The second-order valence-electron chi connectivity index (χ2n) is 5.98. The molecule has 1 aliphatic carbocycles. The Morgan fingerprint density at radius 1 is 1.11 bits per heavy atom. The summed E-state index contributed by atoms with van der Waals surface area (Å²) in [4.78, 5) is 26.4. The van der Waals surface area contributed by atoms with E-state index in [1.54, 1.807) is 0 Å². The average Bonchev–Trinajstić information content (AvgIpc) is 2.61. The van der Waals surface area contributed by atoms with E-state index < -0.39 is 0 Å². The van der Waals surface area contributed by atoms with Crippen molar-refractivity contribution in [2.45, 2.75) is 33.1 Å². The van der Waals surface area contributed by atoms with E-state index in [0.29, 0.717) is 5.92 Å². The third-order valence-electron chi connectivity index (χ3n) is 4.45. The molecule has 3 atom stereocenters. The average molecular weight is 257 g/mol. The standard InChI is InChI=1S/C16H19NO2/c1-10-4-3-5-12(8-10)17-15(18)13-7-6-11(2)9-14(13)16(17)19/h3-5,8,11,13-14H,6-7,9H2,1-2H3/t11-,13+,14-/m0/s1. The third-order valence-corrected chi connectivity index (χ3v) is 4.45. The summed E-state index contributed by atoms with van der Waals surface area (Å²) in [5.41, 5.74) is 1.80. The van der Waals surface area contributed by atoms with Crippen LogP contribution in [-0.4, -0.2) is 11.8 Å². The van der Waals surface area contributed by atoms with Crippen LogP contribution in [0.2, 0.25) is 0 Å². The highest BCUT2D eigenvalue weighted by atomic mass is 16.2. The first-order valence-electron chi connectivity index (χ1n) is 7.02. The Balaban J connectivity index is 1.95. The van der Waals surface area contributed by atoms with Gasteiger partial charge in [-0.3, -0.25) is 14.5 Å². The molecule has 3 nitrogen and oxygen atoms in total. The number of hydrogen-bond donors (Lipinski definition) is 0. The van der Waals surface area contributed by atoms with Gasteiger partial charge in [0.05, 0.1) is 17.5 Å². The molecule has 0 spiro atoms. The quantitative estimate of drug-likeness (QED) is 0.725. The summed E-state index contributed by atoms with van der Waals surface area (Å²) in [6, 6.07) is 7.64. The Kier molecular flexibility index (Phi) is 2.92. The SMILES string of the molecule is Cc1cccc(N2C(=O)[C@H]3C[C@@H](C)CC[C@H]3C2=O)c1. The molecule has 2 aliphatic rings. The van der Waals surface area contributed by atoms with Crippen LogP contribution in [0.5, 0.6) is 0 Å². The summed E-state index contributed by atoms with van der Waals surface area (Å²) >= 11 is 0. The van der Waals surface area contributed by atoms with Gasteiger partial charge >= 0.3 is 0 Å². The number of carbonyl (C=O) groups is 2. The van der Waals surface area contributed by atoms with Gasteiger partial charge in [0.1, 0.15) is 0 Å². The zero-order valence-electron chi connectivity index (χ0n) is 11.4. The van der Waals surface area contributed by atoms with Gasteiger partial charge in [-0.15, -0.1) is 0 Å². The van der Waals surface area contributed by atoms with Crippen molar-refractivity contribution in [1.29, 1.82) is 0 Å². The number of anilines is 1. The maximum absolute atomic E-state index is 12.5. The van der Waals surface area contributed by atoms with Gasteiger partial charge in [-0.25, -0.2) is 0 Å². The predicted octanol–water partition coefficient (Wildman–Crippen LogP) is 2.92. The minimum Gasteiger partial charge on any atom is -0.274 e. The molecule has 1 aliphatic heterocycles. The molecular formula is C16H19NO2. The summed E-state index contributed by atoms with van der Waals surface area (Å²) in [5.74, 6) is 0.399. The van der Waals surface area contributed by atoms with Crippen molar-refractivity contribution in [2.24, 2.45) is 17.8 Å². The van der Waals surface area contributed by atoms with Crippen molar-refractivity contribution in [2.75, 3.05) is 4.90 Å². The van der Waals surface area contributed by atoms with Crippen LogP contribution in [0, 0.1) is 24.7 Å². The molecule has 3 heteroatoms. The van der Waals surface area contributed by atoms with E-state index in [0.717, 1.165) is 30.5 Å². The zero-order valence-corrected chi connectivity index (χ0v) is 11.4. The normalized spacial score (nSPS) is 30.6. The number of fused-ring (bicyclic) bond motifs is 1. The lowest BCUT2D eigenvalue weighted by Gasteiger charge is -2.25. The molecule has 0 radical (unpaired) electrons. The number of rotatable bonds is 1. The number of nitrogens with zero attached hydrogens (tertiary/aromatic N) is 1. The van der Waals surface area contributed by atoms with E-state index in [-0.39, 0.29) is 23.7 Å². The largest absolute Gasteiger partial charge is 0.274 e.